The first-order chi connectivity index (χ1) is 12.3. The van der Waals surface area contributed by atoms with Gasteiger partial charge in [-0.1, -0.05) is 42.5 Å². The molecule has 1 N–H and O–H groups in total. The van der Waals surface area contributed by atoms with E-state index in [9.17, 15) is 4.79 Å². The van der Waals surface area contributed by atoms with E-state index in [0.29, 0.717) is 17.9 Å². The molecule has 0 fully saturated rings. The topological polar surface area (TPSA) is 75.0 Å². The maximum absolute atomic E-state index is 11.9. The molecule has 5 nitrogen and oxygen atoms in total. The average Bonchev–Trinajstić information content (AvgIpc) is 3.14. The van der Waals surface area contributed by atoms with Gasteiger partial charge in [-0.05, 0) is 12.1 Å². The van der Waals surface area contributed by atoms with Crippen molar-refractivity contribution >= 4 is 17.2 Å². The number of nitrogens with zero attached hydrogens (tertiary/aromatic N) is 2. The summed E-state index contributed by atoms with van der Waals surface area (Å²) in [5.74, 6) is 0.141. The highest BCUT2D eigenvalue weighted by atomic mass is 32.1. The molecule has 0 unspecified atom stereocenters. The van der Waals surface area contributed by atoms with E-state index in [1.54, 1.807) is 24.3 Å². The second kappa shape index (κ2) is 8.08. The van der Waals surface area contributed by atoms with Crippen LogP contribution in [0.5, 0.6) is 5.75 Å². The highest BCUT2D eigenvalue weighted by Crippen LogP contribution is 2.23. The standard InChI is InChI=1S/C19H15N3O2S/c20-10-15-8-4-5-9-17(15)24-12-18(23)21-11-16-13-25-19(22-16)14-6-2-1-3-7-14/h1-9,13H,11-12H2,(H,21,23). The predicted molar refractivity (Wildman–Crippen MR) is 96.0 cm³/mol. The van der Waals surface area contributed by atoms with Crippen LogP contribution in [0, 0.1) is 11.3 Å². The van der Waals surface area contributed by atoms with Gasteiger partial charge >= 0.3 is 0 Å². The van der Waals surface area contributed by atoms with Gasteiger partial charge in [-0.25, -0.2) is 4.98 Å². The van der Waals surface area contributed by atoms with Crippen LogP contribution < -0.4 is 10.1 Å². The first-order valence-corrected chi connectivity index (χ1v) is 8.52. The molecule has 0 aliphatic carbocycles. The Labute approximate surface area is 149 Å². The van der Waals surface area contributed by atoms with Crippen LogP contribution in [-0.4, -0.2) is 17.5 Å². The molecule has 0 atom stereocenters. The summed E-state index contributed by atoms with van der Waals surface area (Å²) < 4.78 is 5.40. The number of para-hydroxylation sites is 1. The summed E-state index contributed by atoms with van der Waals surface area (Å²) in [4.78, 5) is 16.4. The van der Waals surface area contributed by atoms with Gasteiger partial charge in [0.2, 0.25) is 0 Å². The van der Waals surface area contributed by atoms with Gasteiger partial charge in [0.05, 0.1) is 17.8 Å². The summed E-state index contributed by atoms with van der Waals surface area (Å²) in [5, 5.41) is 14.6. The van der Waals surface area contributed by atoms with E-state index in [1.165, 1.54) is 11.3 Å². The largest absolute Gasteiger partial charge is 0.482 e. The maximum atomic E-state index is 11.9. The molecule has 1 amide bonds. The number of aromatic nitrogens is 1. The van der Waals surface area contributed by atoms with E-state index in [0.717, 1.165) is 16.3 Å². The van der Waals surface area contributed by atoms with Crippen molar-refractivity contribution in [1.29, 1.82) is 5.26 Å². The number of amides is 1. The molecule has 25 heavy (non-hydrogen) atoms. The Morgan fingerprint density at radius 2 is 1.92 bits per heavy atom. The molecule has 0 saturated heterocycles. The number of hydrogen-bond acceptors (Lipinski definition) is 5. The minimum absolute atomic E-state index is 0.144. The van der Waals surface area contributed by atoms with Crippen molar-refractivity contribution in [2.75, 3.05) is 6.61 Å². The lowest BCUT2D eigenvalue weighted by atomic mass is 10.2. The molecule has 0 saturated carbocycles. The van der Waals surface area contributed by atoms with Crippen LogP contribution in [0.4, 0.5) is 0 Å². The maximum Gasteiger partial charge on any atom is 0.258 e. The first-order valence-electron chi connectivity index (χ1n) is 7.64. The lowest BCUT2D eigenvalue weighted by Gasteiger charge is -2.07. The average molecular weight is 349 g/mol. The van der Waals surface area contributed by atoms with Gasteiger partial charge in [-0.15, -0.1) is 11.3 Å². The molecule has 0 aliphatic heterocycles. The van der Waals surface area contributed by atoms with E-state index in [-0.39, 0.29) is 12.5 Å². The van der Waals surface area contributed by atoms with E-state index in [4.69, 9.17) is 10.00 Å². The summed E-state index contributed by atoms with van der Waals surface area (Å²) in [6, 6.07) is 18.7. The van der Waals surface area contributed by atoms with Gasteiger partial charge in [-0.3, -0.25) is 4.79 Å². The number of carbonyl (C=O) groups excluding carboxylic acids is 1. The molecule has 0 bridgehead atoms. The Balaban J connectivity index is 1.51. The first kappa shape index (κ1) is 16.7. The van der Waals surface area contributed by atoms with Gasteiger partial charge in [0.15, 0.2) is 6.61 Å². The number of ether oxygens (including phenoxy) is 1. The van der Waals surface area contributed by atoms with Gasteiger partial charge in [0.25, 0.3) is 5.91 Å². The van der Waals surface area contributed by atoms with E-state index < -0.39 is 0 Å². The number of thiazole rings is 1. The van der Waals surface area contributed by atoms with Gasteiger partial charge in [0, 0.05) is 10.9 Å². The van der Waals surface area contributed by atoms with Crippen molar-refractivity contribution in [2.24, 2.45) is 0 Å². The fourth-order valence-electron chi connectivity index (χ4n) is 2.17. The monoisotopic (exact) mass is 349 g/mol. The van der Waals surface area contributed by atoms with Crippen molar-refractivity contribution in [1.82, 2.24) is 10.3 Å². The number of rotatable bonds is 6. The van der Waals surface area contributed by atoms with Crippen LogP contribution in [0.3, 0.4) is 0 Å². The van der Waals surface area contributed by atoms with Crippen LogP contribution in [-0.2, 0) is 11.3 Å². The lowest BCUT2D eigenvalue weighted by molar-refractivity contribution is -0.123. The number of benzene rings is 2. The van der Waals surface area contributed by atoms with Crippen LogP contribution in [0.2, 0.25) is 0 Å². The third-order valence-electron chi connectivity index (χ3n) is 3.41. The summed E-state index contributed by atoms with van der Waals surface area (Å²) in [5.41, 5.74) is 2.26. The fourth-order valence-corrected chi connectivity index (χ4v) is 3.00. The van der Waals surface area contributed by atoms with Gasteiger partial charge < -0.3 is 10.1 Å². The van der Waals surface area contributed by atoms with Crippen molar-refractivity contribution < 1.29 is 9.53 Å². The minimum atomic E-state index is -0.262. The summed E-state index contributed by atoms with van der Waals surface area (Å²) in [6.07, 6.45) is 0. The highest BCUT2D eigenvalue weighted by molar-refractivity contribution is 7.13. The highest BCUT2D eigenvalue weighted by Gasteiger charge is 2.08. The van der Waals surface area contributed by atoms with Crippen molar-refractivity contribution in [3.05, 3.63) is 71.2 Å². The molecule has 1 heterocycles. The van der Waals surface area contributed by atoms with Crippen molar-refractivity contribution in [3.63, 3.8) is 0 Å². The van der Waals surface area contributed by atoms with Crippen LogP contribution >= 0.6 is 11.3 Å². The second-order valence-corrected chi connectivity index (χ2v) is 6.04. The zero-order valence-corrected chi connectivity index (χ0v) is 14.1. The molecule has 1 aromatic heterocycles. The van der Waals surface area contributed by atoms with Crippen molar-refractivity contribution in [2.45, 2.75) is 6.54 Å². The number of carbonyl (C=O) groups is 1. The number of nitriles is 1. The SMILES string of the molecule is N#Cc1ccccc1OCC(=O)NCc1csc(-c2ccccc2)n1. The van der Waals surface area contributed by atoms with Gasteiger partial charge in [-0.2, -0.15) is 5.26 Å². The smallest absolute Gasteiger partial charge is 0.258 e. The van der Waals surface area contributed by atoms with Crippen molar-refractivity contribution in [3.8, 4) is 22.4 Å². The normalized spacial score (nSPS) is 10.0. The fraction of sp³-hybridized carbons (Fsp3) is 0.105. The minimum Gasteiger partial charge on any atom is -0.482 e. The molecule has 6 heteroatoms. The summed E-state index contributed by atoms with van der Waals surface area (Å²) in [6.45, 7) is 0.194. The number of hydrogen-bond donors (Lipinski definition) is 1. The molecule has 2 aromatic carbocycles. The van der Waals surface area contributed by atoms with Gasteiger partial charge in [0.1, 0.15) is 16.8 Å². The predicted octanol–water partition coefficient (Wildman–Crippen LogP) is 3.38. The van der Waals surface area contributed by atoms with E-state index >= 15 is 0 Å². The van der Waals surface area contributed by atoms with E-state index in [1.807, 2.05) is 41.8 Å². The van der Waals surface area contributed by atoms with Crippen LogP contribution in [0.1, 0.15) is 11.3 Å². The zero-order chi connectivity index (χ0) is 17.5. The van der Waals surface area contributed by atoms with Crippen LogP contribution in [0.15, 0.2) is 60.0 Å². The number of nitrogens with one attached hydrogen (secondary N) is 1. The molecule has 0 radical (unpaired) electrons. The summed E-state index contributed by atoms with van der Waals surface area (Å²) in [7, 11) is 0. The third-order valence-corrected chi connectivity index (χ3v) is 4.35. The van der Waals surface area contributed by atoms with Crippen LogP contribution in [0.25, 0.3) is 10.6 Å². The third kappa shape index (κ3) is 4.43. The summed E-state index contributed by atoms with van der Waals surface area (Å²) >= 11 is 1.54. The molecule has 3 rings (SSSR count). The Bertz CT molecular complexity index is 900. The zero-order valence-electron chi connectivity index (χ0n) is 13.3. The van der Waals surface area contributed by atoms with E-state index in [2.05, 4.69) is 10.3 Å². The molecular formula is C19H15N3O2S. The Morgan fingerprint density at radius 1 is 1.16 bits per heavy atom. The molecule has 124 valence electrons. The Hall–Kier alpha value is -3.17. The Kier molecular flexibility index (Phi) is 5.39. The molecule has 0 aliphatic rings. The second-order valence-electron chi connectivity index (χ2n) is 5.18. The molecule has 0 spiro atoms. The Morgan fingerprint density at radius 3 is 2.72 bits per heavy atom. The molecule has 3 aromatic rings. The molecular weight excluding hydrogens is 334 g/mol. The quantitative estimate of drug-likeness (QED) is 0.740. The lowest BCUT2D eigenvalue weighted by Crippen LogP contribution is -2.28.